The van der Waals surface area contributed by atoms with Crippen LogP contribution in [0.3, 0.4) is 0 Å². The molecule has 108 valence electrons. The predicted molar refractivity (Wildman–Crippen MR) is 87.0 cm³/mol. The third-order valence-corrected chi connectivity index (χ3v) is 3.67. The lowest BCUT2D eigenvalue weighted by molar-refractivity contribution is 0.311. The van der Waals surface area contributed by atoms with E-state index >= 15 is 0 Å². The van der Waals surface area contributed by atoms with E-state index in [0.717, 1.165) is 32.6 Å². The normalized spacial score (nSPS) is 10.8. The highest BCUT2D eigenvalue weighted by Gasteiger charge is 2.10. The molecule has 0 aliphatic rings. The monoisotopic (exact) mass is 346 g/mol. The summed E-state index contributed by atoms with van der Waals surface area (Å²) in [6.45, 7) is 2.55. The van der Waals surface area contributed by atoms with Crippen molar-refractivity contribution in [2.45, 2.75) is 6.92 Å². The van der Waals surface area contributed by atoms with E-state index < -0.39 is 0 Å². The molecule has 1 heterocycles. The fourth-order valence-electron chi connectivity index (χ4n) is 2.21. The lowest BCUT2D eigenvalue weighted by Crippen LogP contribution is -1.95. The number of halogens is 1. The summed E-state index contributed by atoms with van der Waals surface area (Å²) in [5.74, 6) is 2.25. The largest absolute Gasteiger partial charge is 0.493 e. The zero-order valence-corrected chi connectivity index (χ0v) is 13.4. The molecule has 0 atom stereocenters. The van der Waals surface area contributed by atoms with Gasteiger partial charge in [-0.3, -0.25) is 0 Å². The van der Waals surface area contributed by atoms with Gasteiger partial charge in [-0.15, -0.1) is 0 Å². The Labute approximate surface area is 131 Å². The average Bonchev–Trinajstić information content (AvgIpc) is 2.91. The second-order valence-electron chi connectivity index (χ2n) is 4.55. The fourth-order valence-corrected chi connectivity index (χ4v) is 2.57. The van der Waals surface area contributed by atoms with Gasteiger partial charge in [-0.05, 0) is 43.3 Å². The first kappa shape index (κ1) is 13.9. The Morgan fingerprint density at radius 3 is 2.76 bits per heavy atom. The second kappa shape index (κ2) is 5.77. The Morgan fingerprint density at radius 1 is 1.14 bits per heavy atom. The molecular weight excluding hydrogens is 332 g/mol. The van der Waals surface area contributed by atoms with Gasteiger partial charge < -0.3 is 14.5 Å². The van der Waals surface area contributed by atoms with E-state index in [4.69, 9.17) is 9.47 Å². The molecule has 0 radical (unpaired) electrons. The van der Waals surface area contributed by atoms with Crippen molar-refractivity contribution in [2.75, 3.05) is 13.7 Å². The van der Waals surface area contributed by atoms with Gasteiger partial charge >= 0.3 is 0 Å². The number of methoxy groups -OCH3 is 1. The lowest BCUT2D eigenvalue weighted by atomic mass is 10.2. The number of H-pyrrole nitrogens is 1. The molecule has 0 aliphatic heterocycles. The van der Waals surface area contributed by atoms with Gasteiger partial charge in [0.1, 0.15) is 5.82 Å². The topological polar surface area (TPSA) is 47.1 Å². The third kappa shape index (κ3) is 2.74. The Hall–Kier alpha value is -2.01. The molecule has 2 aromatic carbocycles. The standard InChI is InChI=1S/C16H15BrN2O2/c1-3-21-14-7-4-10(8-15(14)20-2)16-18-12-6-5-11(17)9-13(12)19-16/h4-9H,3H2,1-2H3,(H,18,19). The minimum Gasteiger partial charge on any atom is -0.493 e. The van der Waals surface area contributed by atoms with Gasteiger partial charge in [0.05, 0.1) is 24.8 Å². The molecule has 21 heavy (non-hydrogen) atoms. The van der Waals surface area contributed by atoms with Crippen LogP contribution in [0.2, 0.25) is 0 Å². The van der Waals surface area contributed by atoms with Crippen molar-refractivity contribution in [2.24, 2.45) is 0 Å². The van der Waals surface area contributed by atoms with Gasteiger partial charge in [0.15, 0.2) is 11.5 Å². The van der Waals surface area contributed by atoms with E-state index in [0.29, 0.717) is 12.4 Å². The first-order valence-corrected chi connectivity index (χ1v) is 7.47. The second-order valence-corrected chi connectivity index (χ2v) is 5.46. The van der Waals surface area contributed by atoms with Crippen LogP contribution < -0.4 is 9.47 Å². The van der Waals surface area contributed by atoms with Crippen molar-refractivity contribution in [3.05, 3.63) is 40.9 Å². The van der Waals surface area contributed by atoms with Gasteiger partial charge in [0.2, 0.25) is 0 Å². The summed E-state index contributed by atoms with van der Waals surface area (Å²) in [6, 6.07) is 11.8. The van der Waals surface area contributed by atoms with E-state index in [1.54, 1.807) is 7.11 Å². The van der Waals surface area contributed by atoms with Crippen LogP contribution >= 0.6 is 15.9 Å². The van der Waals surface area contributed by atoms with Crippen molar-refractivity contribution in [1.82, 2.24) is 9.97 Å². The number of nitrogens with zero attached hydrogens (tertiary/aromatic N) is 1. The first-order valence-electron chi connectivity index (χ1n) is 6.67. The smallest absolute Gasteiger partial charge is 0.161 e. The molecule has 0 aliphatic carbocycles. The summed E-state index contributed by atoms with van der Waals surface area (Å²) in [6.07, 6.45) is 0. The minimum atomic E-state index is 0.606. The van der Waals surface area contributed by atoms with Crippen molar-refractivity contribution >= 4 is 27.0 Å². The highest BCUT2D eigenvalue weighted by Crippen LogP contribution is 2.32. The Balaban J connectivity index is 2.05. The van der Waals surface area contributed by atoms with Crippen LogP contribution in [0.25, 0.3) is 22.4 Å². The number of rotatable bonds is 4. The van der Waals surface area contributed by atoms with E-state index in [9.17, 15) is 0 Å². The molecule has 3 rings (SSSR count). The summed E-state index contributed by atoms with van der Waals surface area (Å²) < 4.78 is 11.9. The van der Waals surface area contributed by atoms with Crippen LogP contribution in [-0.2, 0) is 0 Å². The summed E-state index contributed by atoms with van der Waals surface area (Å²) in [7, 11) is 1.64. The number of hydrogen-bond donors (Lipinski definition) is 1. The number of aromatic amines is 1. The minimum absolute atomic E-state index is 0.606. The van der Waals surface area contributed by atoms with Crippen LogP contribution in [0.15, 0.2) is 40.9 Å². The predicted octanol–water partition coefficient (Wildman–Crippen LogP) is 4.40. The summed E-state index contributed by atoms with van der Waals surface area (Å²) >= 11 is 3.46. The van der Waals surface area contributed by atoms with Crippen molar-refractivity contribution in [3.8, 4) is 22.9 Å². The van der Waals surface area contributed by atoms with Gasteiger partial charge in [-0.25, -0.2) is 4.98 Å². The third-order valence-electron chi connectivity index (χ3n) is 3.18. The van der Waals surface area contributed by atoms with Gasteiger partial charge in [0.25, 0.3) is 0 Å². The van der Waals surface area contributed by atoms with Gasteiger partial charge in [0, 0.05) is 10.0 Å². The maximum Gasteiger partial charge on any atom is 0.161 e. The first-order chi connectivity index (χ1) is 10.2. The number of fused-ring (bicyclic) bond motifs is 1. The SMILES string of the molecule is CCOc1ccc(-c2nc3ccc(Br)cc3[nH]2)cc1OC. The molecule has 0 spiro atoms. The lowest BCUT2D eigenvalue weighted by Gasteiger charge is -2.09. The molecular formula is C16H15BrN2O2. The molecule has 3 aromatic rings. The molecule has 0 saturated carbocycles. The summed E-state index contributed by atoms with van der Waals surface area (Å²) in [5.41, 5.74) is 2.89. The molecule has 0 fully saturated rings. The van der Waals surface area contributed by atoms with Crippen molar-refractivity contribution in [3.63, 3.8) is 0 Å². The van der Waals surface area contributed by atoms with E-state index in [2.05, 4.69) is 25.9 Å². The fraction of sp³-hybridized carbons (Fsp3) is 0.188. The van der Waals surface area contributed by atoms with Crippen LogP contribution in [0.1, 0.15) is 6.92 Å². The van der Waals surface area contributed by atoms with E-state index in [1.807, 2.05) is 43.3 Å². The quantitative estimate of drug-likeness (QED) is 0.761. The Morgan fingerprint density at radius 2 is 2.00 bits per heavy atom. The maximum absolute atomic E-state index is 5.53. The van der Waals surface area contributed by atoms with E-state index in [-0.39, 0.29) is 0 Å². The highest BCUT2D eigenvalue weighted by atomic mass is 79.9. The molecule has 0 bridgehead atoms. The number of nitrogens with one attached hydrogen (secondary N) is 1. The molecule has 1 N–H and O–H groups in total. The van der Waals surface area contributed by atoms with Crippen LogP contribution in [-0.4, -0.2) is 23.7 Å². The van der Waals surface area contributed by atoms with E-state index in [1.165, 1.54) is 0 Å². The summed E-state index contributed by atoms with van der Waals surface area (Å²) in [4.78, 5) is 7.92. The zero-order valence-electron chi connectivity index (χ0n) is 11.8. The van der Waals surface area contributed by atoms with Gasteiger partial charge in [-0.2, -0.15) is 0 Å². The van der Waals surface area contributed by atoms with Crippen LogP contribution in [0, 0.1) is 0 Å². The average molecular weight is 347 g/mol. The summed E-state index contributed by atoms with van der Waals surface area (Å²) in [5, 5.41) is 0. The maximum atomic E-state index is 5.53. The van der Waals surface area contributed by atoms with Crippen LogP contribution in [0.5, 0.6) is 11.5 Å². The number of aromatic nitrogens is 2. The van der Waals surface area contributed by atoms with Gasteiger partial charge in [-0.1, -0.05) is 15.9 Å². The van der Waals surface area contributed by atoms with Crippen molar-refractivity contribution < 1.29 is 9.47 Å². The zero-order chi connectivity index (χ0) is 14.8. The highest BCUT2D eigenvalue weighted by molar-refractivity contribution is 9.10. The molecule has 0 unspecified atom stereocenters. The van der Waals surface area contributed by atoms with Crippen LogP contribution in [0.4, 0.5) is 0 Å². The Kier molecular flexibility index (Phi) is 3.84. The number of benzene rings is 2. The number of ether oxygens (including phenoxy) is 2. The Bertz CT molecular complexity index is 783. The number of imidazole rings is 1. The molecule has 5 heteroatoms. The van der Waals surface area contributed by atoms with Crippen molar-refractivity contribution in [1.29, 1.82) is 0 Å². The molecule has 1 aromatic heterocycles. The number of hydrogen-bond acceptors (Lipinski definition) is 3. The molecule has 0 saturated heterocycles. The molecule has 0 amide bonds. The molecule has 4 nitrogen and oxygen atoms in total.